The van der Waals surface area contributed by atoms with E-state index < -0.39 is 66.7 Å². The number of guanidine groups is 1. The summed E-state index contributed by atoms with van der Waals surface area (Å²) in [6, 6.07) is 6.57. The van der Waals surface area contributed by atoms with Gasteiger partial charge in [0.15, 0.2) is 5.96 Å². The number of hydrogen-bond donors (Lipinski definition) is 10. The molecule has 4 atom stereocenters. The highest BCUT2D eigenvalue weighted by Crippen LogP contribution is 2.13. The van der Waals surface area contributed by atoms with E-state index in [1.54, 1.807) is 12.1 Å². The number of amides is 3. The molecule has 2 aromatic carbocycles. The first-order chi connectivity index (χ1) is 21.2. The maximum atomic E-state index is 13.5. The van der Waals surface area contributed by atoms with Gasteiger partial charge in [-0.15, -0.1) is 0 Å². The Labute approximate surface area is 258 Å². The molecule has 0 radical (unpaired) electrons. The largest absolute Gasteiger partial charge is 0.508 e. The molecule has 2 rings (SSSR count). The fourth-order valence-electron chi connectivity index (χ4n) is 4.18. The van der Waals surface area contributed by atoms with Crippen LogP contribution in [0, 0.1) is 0 Å². The third kappa shape index (κ3) is 13.2. The lowest BCUT2D eigenvalue weighted by Gasteiger charge is -2.25. The minimum absolute atomic E-state index is 0.0319. The molecule has 2 aromatic rings. The van der Waals surface area contributed by atoms with Gasteiger partial charge in [-0.2, -0.15) is 0 Å². The molecule has 0 bridgehead atoms. The Kier molecular flexibility index (Phi) is 14.1. The number of phenols is 2. The molecular formula is C29H39N7O9. The van der Waals surface area contributed by atoms with Gasteiger partial charge in [0.2, 0.25) is 17.7 Å². The molecule has 0 saturated heterocycles. The number of rotatable bonds is 18. The number of aromatic hydroxyl groups is 2. The van der Waals surface area contributed by atoms with Crippen LogP contribution in [0.2, 0.25) is 0 Å². The zero-order valence-corrected chi connectivity index (χ0v) is 24.4. The highest BCUT2D eigenvalue weighted by atomic mass is 16.4. The Morgan fingerprint density at radius 1 is 0.689 bits per heavy atom. The van der Waals surface area contributed by atoms with Crippen LogP contribution in [0.5, 0.6) is 11.5 Å². The van der Waals surface area contributed by atoms with Gasteiger partial charge in [0.1, 0.15) is 29.6 Å². The summed E-state index contributed by atoms with van der Waals surface area (Å²) in [5.74, 6) is -5.28. The van der Waals surface area contributed by atoms with Crippen LogP contribution in [0.3, 0.4) is 0 Å². The van der Waals surface area contributed by atoms with Gasteiger partial charge in [0, 0.05) is 19.4 Å². The quantitative estimate of drug-likeness (QED) is 0.0521. The van der Waals surface area contributed by atoms with Gasteiger partial charge in [-0.3, -0.25) is 24.2 Å². The van der Waals surface area contributed by atoms with Crippen molar-refractivity contribution >= 4 is 35.6 Å². The van der Waals surface area contributed by atoms with Crippen molar-refractivity contribution in [3.05, 3.63) is 59.7 Å². The second kappa shape index (κ2) is 17.7. The van der Waals surface area contributed by atoms with Gasteiger partial charge in [-0.05, 0) is 61.1 Å². The number of nitrogens with one attached hydrogen (secondary N) is 3. The van der Waals surface area contributed by atoms with Gasteiger partial charge >= 0.3 is 11.9 Å². The van der Waals surface area contributed by atoms with E-state index >= 15 is 0 Å². The summed E-state index contributed by atoms with van der Waals surface area (Å²) in [4.78, 5) is 66.3. The molecule has 3 amide bonds. The third-order valence-electron chi connectivity index (χ3n) is 6.58. The van der Waals surface area contributed by atoms with Crippen LogP contribution in [0.25, 0.3) is 0 Å². The van der Waals surface area contributed by atoms with E-state index in [0.29, 0.717) is 11.1 Å². The first kappa shape index (κ1) is 35.8. The smallest absolute Gasteiger partial charge is 0.326 e. The summed E-state index contributed by atoms with van der Waals surface area (Å²) in [5.41, 5.74) is 18.0. The number of carbonyl (C=O) groups excluding carboxylic acids is 3. The number of hydrogen-bond acceptors (Lipinski definition) is 9. The molecule has 0 aliphatic rings. The second-order valence-electron chi connectivity index (χ2n) is 10.3. The molecule has 16 heteroatoms. The average molecular weight is 630 g/mol. The van der Waals surface area contributed by atoms with Gasteiger partial charge in [-0.25, -0.2) is 4.79 Å². The van der Waals surface area contributed by atoms with Gasteiger partial charge in [0.05, 0.1) is 6.04 Å². The van der Waals surface area contributed by atoms with Crippen LogP contribution in [0.15, 0.2) is 53.5 Å². The summed E-state index contributed by atoms with van der Waals surface area (Å²) in [5, 5.41) is 45.0. The van der Waals surface area contributed by atoms with E-state index in [0.717, 1.165) is 0 Å². The predicted octanol–water partition coefficient (Wildman–Crippen LogP) is -1.33. The number of benzene rings is 2. The number of nitrogens with zero attached hydrogens (tertiary/aromatic N) is 1. The Morgan fingerprint density at radius 3 is 1.69 bits per heavy atom. The fraction of sp³-hybridized carbons (Fsp3) is 0.379. The molecule has 0 spiro atoms. The summed E-state index contributed by atoms with van der Waals surface area (Å²) < 4.78 is 0. The first-order valence-electron chi connectivity index (χ1n) is 14.0. The lowest BCUT2D eigenvalue weighted by atomic mass is 10.0. The monoisotopic (exact) mass is 629 g/mol. The number of aliphatic imine (C=N–C) groups is 1. The van der Waals surface area contributed by atoms with Gasteiger partial charge < -0.3 is 53.6 Å². The van der Waals surface area contributed by atoms with Crippen LogP contribution >= 0.6 is 0 Å². The molecule has 0 heterocycles. The topological polar surface area (TPSA) is 293 Å². The van der Waals surface area contributed by atoms with Crippen LogP contribution in [0.4, 0.5) is 0 Å². The Hall–Kier alpha value is -5.38. The molecule has 0 aromatic heterocycles. The van der Waals surface area contributed by atoms with Crippen molar-refractivity contribution in [3.8, 4) is 11.5 Å². The molecule has 0 saturated carbocycles. The number of carbonyl (C=O) groups is 5. The van der Waals surface area contributed by atoms with Crippen LogP contribution < -0.4 is 33.2 Å². The predicted molar refractivity (Wildman–Crippen MR) is 162 cm³/mol. The molecule has 0 fully saturated rings. The lowest BCUT2D eigenvalue weighted by molar-refractivity contribution is -0.143. The second-order valence-corrected chi connectivity index (χ2v) is 10.3. The highest BCUT2D eigenvalue weighted by molar-refractivity contribution is 5.94. The molecule has 0 aliphatic carbocycles. The summed E-state index contributed by atoms with van der Waals surface area (Å²) in [6.07, 6.45) is -0.705. The molecule has 0 aliphatic heterocycles. The molecule has 45 heavy (non-hydrogen) atoms. The van der Waals surface area contributed by atoms with Crippen molar-refractivity contribution in [1.29, 1.82) is 0 Å². The maximum absolute atomic E-state index is 13.5. The maximum Gasteiger partial charge on any atom is 0.326 e. The number of phenolic OH excluding ortho intramolecular Hbond substituents is 2. The summed E-state index contributed by atoms with van der Waals surface area (Å²) in [6.45, 7) is 0.128. The average Bonchev–Trinajstić information content (AvgIpc) is 2.97. The van der Waals surface area contributed by atoms with Crippen molar-refractivity contribution in [2.45, 2.75) is 62.7 Å². The molecular weight excluding hydrogens is 590 g/mol. The zero-order chi connectivity index (χ0) is 33.5. The Bertz CT molecular complexity index is 1350. The number of carboxylic acids is 2. The minimum atomic E-state index is -1.55. The van der Waals surface area contributed by atoms with Crippen molar-refractivity contribution < 1.29 is 44.4 Å². The first-order valence-corrected chi connectivity index (χ1v) is 14.0. The number of nitrogens with two attached hydrogens (primary N) is 3. The Balaban J connectivity index is 2.27. The van der Waals surface area contributed by atoms with Crippen LogP contribution in [-0.4, -0.2) is 86.8 Å². The van der Waals surface area contributed by atoms with E-state index in [-0.39, 0.29) is 49.7 Å². The van der Waals surface area contributed by atoms with Crippen LogP contribution in [0.1, 0.15) is 36.8 Å². The van der Waals surface area contributed by atoms with Crippen molar-refractivity contribution in [2.24, 2.45) is 22.2 Å². The van der Waals surface area contributed by atoms with E-state index in [4.69, 9.17) is 22.3 Å². The van der Waals surface area contributed by atoms with Crippen molar-refractivity contribution in [3.63, 3.8) is 0 Å². The van der Waals surface area contributed by atoms with Crippen molar-refractivity contribution in [1.82, 2.24) is 16.0 Å². The molecule has 4 unspecified atom stereocenters. The lowest BCUT2D eigenvalue weighted by Crippen LogP contribution is -2.57. The van der Waals surface area contributed by atoms with Gasteiger partial charge in [-0.1, -0.05) is 24.3 Å². The van der Waals surface area contributed by atoms with E-state index in [1.165, 1.54) is 36.4 Å². The van der Waals surface area contributed by atoms with E-state index in [2.05, 4.69) is 20.9 Å². The van der Waals surface area contributed by atoms with E-state index in [9.17, 15) is 39.3 Å². The fourth-order valence-corrected chi connectivity index (χ4v) is 4.18. The number of aliphatic carboxylic acids is 2. The third-order valence-corrected chi connectivity index (χ3v) is 6.58. The molecule has 16 nitrogen and oxygen atoms in total. The van der Waals surface area contributed by atoms with Gasteiger partial charge in [0.25, 0.3) is 0 Å². The van der Waals surface area contributed by atoms with Crippen molar-refractivity contribution in [2.75, 3.05) is 6.54 Å². The minimum Gasteiger partial charge on any atom is -0.508 e. The molecule has 13 N–H and O–H groups in total. The summed E-state index contributed by atoms with van der Waals surface area (Å²) >= 11 is 0. The zero-order valence-electron chi connectivity index (χ0n) is 24.4. The highest BCUT2D eigenvalue weighted by Gasteiger charge is 2.30. The Morgan fingerprint density at radius 2 is 1.18 bits per heavy atom. The molecule has 244 valence electrons. The SMILES string of the molecule is NC(N)=NCCCC(NC(=O)C(N)Cc1ccc(O)cc1)C(=O)NC(Cc1ccc(O)cc1)C(=O)NC(CCC(=O)O)C(=O)O. The summed E-state index contributed by atoms with van der Waals surface area (Å²) in [7, 11) is 0. The number of carboxylic acid groups (broad SMARTS) is 2. The standard InChI is InChI=1S/C29H39N7O9/c30-20(14-16-3-7-18(37)8-4-16)25(41)34-21(2-1-13-33-29(31)32)26(42)36-23(15-17-5-9-19(38)10-6-17)27(43)35-22(28(44)45)11-12-24(39)40/h3-10,20-23,37-38H,1-2,11-15,30H2,(H,34,41)(H,35,43)(H,36,42)(H,39,40)(H,44,45)(H4,31,32,33). The van der Waals surface area contributed by atoms with Crippen LogP contribution in [-0.2, 0) is 36.8 Å². The van der Waals surface area contributed by atoms with E-state index in [1.807, 2.05) is 0 Å². The normalized spacial score (nSPS) is 13.4.